The number of likely N-dealkylation sites (tertiary alicyclic amines) is 1. The molecule has 9 heteroatoms. The number of carbonyl (C=O) groups excluding carboxylic acids is 1. The van der Waals surface area contributed by atoms with E-state index in [1.54, 1.807) is 4.90 Å². The van der Waals surface area contributed by atoms with E-state index in [0.717, 1.165) is 0 Å². The van der Waals surface area contributed by atoms with Gasteiger partial charge in [0.05, 0.1) is 10.4 Å². The molecule has 0 saturated carbocycles. The molecule has 1 aliphatic rings. The summed E-state index contributed by atoms with van der Waals surface area (Å²) in [7, 11) is 0. The van der Waals surface area contributed by atoms with Crippen molar-refractivity contribution in [2.45, 2.75) is 19.3 Å². The number of H-pyrrole nitrogens is 1. The number of nitrogens with zero attached hydrogens (tertiary/aromatic N) is 3. The Kier molecular flexibility index (Phi) is 4.15. The number of nitro groups is 1. The van der Waals surface area contributed by atoms with E-state index in [1.165, 1.54) is 18.2 Å². The van der Waals surface area contributed by atoms with Crippen LogP contribution in [0.1, 0.15) is 29.8 Å². The van der Waals surface area contributed by atoms with Crippen molar-refractivity contribution < 1.29 is 19.6 Å². The van der Waals surface area contributed by atoms with Crippen molar-refractivity contribution in [3.05, 3.63) is 34.0 Å². The minimum Gasteiger partial charge on any atom is -0.481 e. The van der Waals surface area contributed by atoms with Gasteiger partial charge in [-0.25, -0.2) is 0 Å². The fourth-order valence-corrected chi connectivity index (χ4v) is 3.02. The third kappa shape index (κ3) is 3.05. The Morgan fingerprint density at radius 2 is 2.08 bits per heavy atom. The fourth-order valence-electron chi connectivity index (χ4n) is 3.02. The third-order valence-electron chi connectivity index (χ3n) is 4.32. The Hall–Kier alpha value is -2.97. The Bertz CT molecular complexity index is 807. The van der Waals surface area contributed by atoms with Gasteiger partial charge < -0.3 is 10.0 Å². The summed E-state index contributed by atoms with van der Waals surface area (Å²) in [5.41, 5.74) is 0.619. The van der Waals surface area contributed by atoms with E-state index < -0.39 is 10.9 Å². The molecular weight excluding hydrogens is 316 g/mol. The van der Waals surface area contributed by atoms with Crippen molar-refractivity contribution in [3.63, 3.8) is 0 Å². The lowest BCUT2D eigenvalue weighted by Crippen LogP contribution is -2.39. The molecule has 2 N–H and O–H groups in total. The maximum absolute atomic E-state index is 12.6. The molecular formula is C15H16N4O5. The van der Waals surface area contributed by atoms with Crippen molar-refractivity contribution in [2.24, 2.45) is 5.92 Å². The standard InChI is InChI=1S/C15H16N4O5/c20-13(21)7-9-3-5-18(6-4-9)15(22)14-11-8-10(19(23)24)1-2-12(11)16-17-14/h1-2,8-9H,3-7H2,(H,16,17)(H,20,21). The zero-order chi connectivity index (χ0) is 17.3. The van der Waals surface area contributed by atoms with Gasteiger partial charge in [0, 0.05) is 37.0 Å². The summed E-state index contributed by atoms with van der Waals surface area (Å²) < 4.78 is 0. The van der Waals surface area contributed by atoms with E-state index >= 15 is 0 Å². The van der Waals surface area contributed by atoms with Gasteiger partial charge in [0.25, 0.3) is 11.6 Å². The first-order chi connectivity index (χ1) is 11.5. The van der Waals surface area contributed by atoms with Crippen LogP contribution in [0.2, 0.25) is 0 Å². The molecule has 1 amide bonds. The topological polar surface area (TPSA) is 129 Å². The van der Waals surface area contributed by atoms with Crippen molar-refractivity contribution in [2.75, 3.05) is 13.1 Å². The van der Waals surface area contributed by atoms with E-state index in [2.05, 4.69) is 10.2 Å². The number of piperidine rings is 1. The van der Waals surface area contributed by atoms with Crippen LogP contribution in [0.25, 0.3) is 10.9 Å². The lowest BCUT2D eigenvalue weighted by molar-refractivity contribution is -0.384. The lowest BCUT2D eigenvalue weighted by Gasteiger charge is -2.30. The first-order valence-electron chi connectivity index (χ1n) is 7.59. The van der Waals surface area contributed by atoms with Crippen molar-refractivity contribution in [3.8, 4) is 0 Å². The molecule has 1 aromatic heterocycles. The molecule has 0 radical (unpaired) electrons. The van der Waals surface area contributed by atoms with Crippen LogP contribution in [-0.4, -0.2) is 50.1 Å². The number of fused-ring (bicyclic) bond motifs is 1. The third-order valence-corrected chi connectivity index (χ3v) is 4.32. The van der Waals surface area contributed by atoms with Crippen molar-refractivity contribution >= 4 is 28.5 Å². The number of nitrogens with one attached hydrogen (secondary N) is 1. The van der Waals surface area contributed by atoms with Gasteiger partial charge in [0.15, 0.2) is 5.69 Å². The first-order valence-corrected chi connectivity index (χ1v) is 7.59. The molecule has 0 bridgehead atoms. The second-order valence-electron chi connectivity index (χ2n) is 5.89. The van der Waals surface area contributed by atoms with Gasteiger partial charge in [-0.05, 0) is 24.8 Å². The summed E-state index contributed by atoms with van der Waals surface area (Å²) in [5, 5.41) is 26.9. The highest BCUT2D eigenvalue weighted by molar-refractivity contribution is 6.05. The smallest absolute Gasteiger partial charge is 0.303 e. The maximum atomic E-state index is 12.6. The molecule has 0 aliphatic carbocycles. The molecule has 9 nitrogen and oxygen atoms in total. The van der Waals surface area contributed by atoms with Crippen LogP contribution in [0.3, 0.4) is 0 Å². The molecule has 1 fully saturated rings. The summed E-state index contributed by atoms with van der Waals surface area (Å²) >= 11 is 0. The molecule has 24 heavy (non-hydrogen) atoms. The number of aromatic nitrogens is 2. The van der Waals surface area contributed by atoms with Crippen LogP contribution in [0, 0.1) is 16.0 Å². The Morgan fingerprint density at radius 1 is 1.38 bits per heavy atom. The average Bonchev–Trinajstić information content (AvgIpc) is 2.97. The Morgan fingerprint density at radius 3 is 2.71 bits per heavy atom. The Balaban J connectivity index is 1.78. The van der Waals surface area contributed by atoms with E-state index in [0.29, 0.717) is 36.8 Å². The van der Waals surface area contributed by atoms with Gasteiger partial charge in [-0.15, -0.1) is 0 Å². The first kappa shape index (κ1) is 15.9. The molecule has 1 aliphatic heterocycles. The average molecular weight is 332 g/mol. The summed E-state index contributed by atoms with van der Waals surface area (Å²) in [5.74, 6) is -1.05. The molecule has 1 saturated heterocycles. The van der Waals surface area contributed by atoms with Crippen LogP contribution in [0.4, 0.5) is 5.69 Å². The van der Waals surface area contributed by atoms with Crippen LogP contribution in [0.15, 0.2) is 18.2 Å². The molecule has 0 unspecified atom stereocenters. The number of nitro benzene ring substituents is 1. The van der Waals surface area contributed by atoms with E-state index in [-0.39, 0.29) is 29.6 Å². The minimum atomic E-state index is -0.828. The number of benzene rings is 1. The number of aromatic amines is 1. The van der Waals surface area contributed by atoms with Gasteiger partial charge in [-0.2, -0.15) is 5.10 Å². The number of hydrogen-bond acceptors (Lipinski definition) is 5. The monoisotopic (exact) mass is 332 g/mol. The van der Waals surface area contributed by atoms with Crippen LogP contribution < -0.4 is 0 Å². The number of non-ortho nitro benzene ring substituents is 1. The van der Waals surface area contributed by atoms with Gasteiger partial charge >= 0.3 is 5.97 Å². The molecule has 126 valence electrons. The van der Waals surface area contributed by atoms with Gasteiger partial charge in [0.2, 0.25) is 0 Å². The summed E-state index contributed by atoms with van der Waals surface area (Å²) in [6.07, 6.45) is 1.36. The quantitative estimate of drug-likeness (QED) is 0.648. The zero-order valence-corrected chi connectivity index (χ0v) is 12.8. The number of amides is 1. The van der Waals surface area contributed by atoms with Gasteiger partial charge in [0.1, 0.15) is 0 Å². The highest BCUT2D eigenvalue weighted by Gasteiger charge is 2.27. The number of carboxylic acids is 1. The predicted molar refractivity (Wildman–Crippen MR) is 83.6 cm³/mol. The number of hydrogen-bond donors (Lipinski definition) is 2. The summed E-state index contributed by atoms with van der Waals surface area (Å²) in [4.78, 5) is 35.4. The highest BCUT2D eigenvalue weighted by atomic mass is 16.6. The lowest BCUT2D eigenvalue weighted by atomic mass is 9.93. The van der Waals surface area contributed by atoms with Crippen LogP contribution in [-0.2, 0) is 4.79 Å². The van der Waals surface area contributed by atoms with Crippen molar-refractivity contribution in [1.82, 2.24) is 15.1 Å². The SMILES string of the molecule is O=C(O)CC1CCN(C(=O)c2n[nH]c3ccc([N+](=O)[O-])cc23)CC1. The summed E-state index contributed by atoms with van der Waals surface area (Å²) in [6, 6.07) is 4.21. The molecule has 2 heterocycles. The summed E-state index contributed by atoms with van der Waals surface area (Å²) in [6.45, 7) is 0.917. The fraction of sp³-hybridized carbons (Fsp3) is 0.400. The number of carboxylic acid groups (broad SMARTS) is 1. The van der Waals surface area contributed by atoms with Crippen LogP contribution >= 0.6 is 0 Å². The largest absolute Gasteiger partial charge is 0.481 e. The maximum Gasteiger partial charge on any atom is 0.303 e. The second-order valence-corrected chi connectivity index (χ2v) is 5.89. The molecule has 0 spiro atoms. The van der Waals surface area contributed by atoms with Crippen LogP contribution in [0.5, 0.6) is 0 Å². The Labute approximate surface area is 136 Å². The predicted octanol–water partition coefficient (Wildman–Crippen LogP) is 1.80. The number of aliphatic carboxylic acids is 1. The normalized spacial score (nSPS) is 15.6. The molecule has 0 atom stereocenters. The number of carbonyl (C=O) groups is 2. The molecule has 2 aromatic rings. The zero-order valence-electron chi connectivity index (χ0n) is 12.8. The second kappa shape index (κ2) is 6.26. The highest BCUT2D eigenvalue weighted by Crippen LogP contribution is 2.25. The molecule has 3 rings (SSSR count). The molecule has 1 aromatic carbocycles. The van der Waals surface area contributed by atoms with Gasteiger partial charge in [-0.1, -0.05) is 0 Å². The minimum absolute atomic E-state index is 0.0727. The number of rotatable bonds is 4. The van der Waals surface area contributed by atoms with E-state index in [1.807, 2.05) is 0 Å². The van der Waals surface area contributed by atoms with Gasteiger partial charge in [-0.3, -0.25) is 24.8 Å². The van der Waals surface area contributed by atoms with E-state index in [9.17, 15) is 19.7 Å². The van der Waals surface area contributed by atoms with E-state index in [4.69, 9.17) is 5.11 Å². The van der Waals surface area contributed by atoms with Crippen molar-refractivity contribution in [1.29, 1.82) is 0 Å².